The van der Waals surface area contributed by atoms with Gasteiger partial charge >= 0.3 is 0 Å². The van der Waals surface area contributed by atoms with E-state index in [0.29, 0.717) is 0 Å². The van der Waals surface area contributed by atoms with Crippen LogP contribution in [0.3, 0.4) is 0 Å². The number of hydrogen-bond donors (Lipinski definition) is 1. The first-order chi connectivity index (χ1) is 7.67. The van der Waals surface area contributed by atoms with Gasteiger partial charge in [0, 0.05) is 5.56 Å². The van der Waals surface area contributed by atoms with Crippen LogP contribution < -0.4 is 14.8 Å². The number of rotatable bonds is 5. The van der Waals surface area contributed by atoms with Crippen LogP contribution in [-0.4, -0.2) is 27.5 Å². The van der Waals surface area contributed by atoms with Crippen molar-refractivity contribution in [2.75, 3.05) is 27.5 Å². The van der Waals surface area contributed by atoms with Crippen LogP contribution in [0, 0.1) is 0 Å². The Balaban J connectivity index is 3.25. The van der Waals surface area contributed by atoms with Crippen molar-refractivity contribution in [1.29, 1.82) is 0 Å². The zero-order chi connectivity index (χ0) is 12.1. The molecule has 0 saturated heterocycles. The maximum absolute atomic E-state index is 5.37. The molecule has 1 aromatic carbocycles. The Bertz CT molecular complexity index is 360. The molecular formula is C11H16BrNO2S. The molecule has 0 aromatic heterocycles. The summed E-state index contributed by atoms with van der Waals surface area (Å²) in [5.41, 5.74) is 1.03. The minimum Gasteiger partial charge on any atom is -0.496 e. The summed E-state index contributed by atoms with van der Waals surface area (Å²) in [6.07, 6.45) is 2.01. The van der Waals surface area contributed by atoms with Gasteiger partial charge in [-0.05, 0) is 25.4 Å². The predicted molar refractivity (Wildman–Crippen MR) is 72.1 cm³/mol. The van der Waals surface area contributed by atoms with Crippen molar-refractivity contribution in [3.8, 4) is 11.5 Å². The summed E-state index contributed by atoms with van der Waals surface area (Å²) in [7, 11) is 5.23. The Morgan fingerprint density at radius 3 is 2.31 bits per heavy atom. The summed E-state index contributed by atoms with van der Waals surface area (Å²) in [5, 5.41) is 3.12. The van der Waals surface area contributed by atoms with Crippen molar-refractivity contribution >= 4 is 27.7 Å². The van der Waals surface area contributed by atoms with E-state index in [1.54, 1.807) is 26.0 Å². The number of alkyl halides is 1. The number of hydrogen-bond acceptors (Lipinski definition) is 4. The van der Waals surface area contributed by atoms with Gasteiger partial charge in [-0.3, -0.25) is 0 Å². The summed E-state index contributed by atoms with van der Waals surface area (Å²) in [6, 6.07) is 3.98. The average molecular weight is 306 g/mol. The highest BCUT2D eigenvalue weighted by atomic mass is 79.9. The Hall–Kier alpha value is -0.390. The zero-order valence-corrected chi connectivity index (χ0v) is 12.2. The molecule has 0 spiro atoms. The lowest BCUT2D eigenvalue weighted by Crippen LogP contribution is -2.11. The summed E-state index contributed by atoms with van der Waals surface area (Å²) in [5.74, 6) is 1.71. The third-order valence-corrected chi connectivity index (χ3v) is 3.97. The lowest BCUT2D eigenvalue weighted by molar-refractivity contribution is 0.389. The summed E-state index contributed by atoms with van der Waals surface area (Å²) in [4.78, 5) is 1.12. The van der Waals surface area contributed by atoms with E-state index in [1.807, 2.05) is 25.4 Å². The van der Waals surface area contributed by atoms with Gasteiger partial charge in [-0.1, -0.05) is 15.9 Å². The van der Waals surface area contributed by atoms with Crippen LogP contribution >= 0.6 is 27.7 Å². The molecule has 5 heteroatoms. The molecule has 0 saturated carbocycles. The molecule has 0 radical (unpaired) electrons. The summed E-state index contributed by atoms with van der Waals surface area (Å²) in [6.45, 7) is 0. The molecule has 1 unspecified atom stereocenters. The fourth-order valence-corrected chi connectivity index (χ4v) is 2.33. The third kappa shape index (κ3) is 2.84. The fraction of sp³-hybridized carbons (Fsp3) is 0.455. The lowest BCUT2D eigenvalue weighted by atomic mass is 10.2. The normalized spacial score (nSPS) is 12.3. The number of thioether (sulfide) groups is 1. The molecule has 16 heavy (non-hydrogen) atoms. The SMILES string of the molecule is CNC(Br)c1cc(OC)c(SC)cc1OC. The van der Waals surface area contributed by atoms with Gasteiger partial charge in [0.1, 0.15) is 11.5 Å². The van der Waals surface area contributed by atoms with Crippen LogP contribution in [0.4, 0.5) is 0 Å². The van der Waals surface area contributed by atoms with E-state index in [0.717, 1.165) is 22.0 Å². The second-order valence-electron chi connectivity index (χ2n) is 3.10. The molecule has 1 N–H and O–H groups in total. The van der Waals surface area contributed by atoms with E-state index in [4.69, 9.17) is 9.47 Å². The zero-order valence-electron chi connectivity index (χ0n) is 9.83. The van der Waals surface area contributed by atoms with Gasteiger partial charge in [-0.15, -0.1) is 11.8 Å². The second kappa shape index (κ2) is 6.37. The largest absolute Gasteiger partial charge is 0.496 e. The van der Waals surface area contributed by atoms with Crippen LogP contribution in [0.5, 0.6) is 11.5 Å². The van der Waals surface area contributed by atoms with E-state index < -0.39 is 0 Å². The van der Waals surface area contributed by atoms with Gasteiger partial charge in [-0.2, -0.15) is 0 Å². The molecule has 0 amide bonds. The molecule has 0 aliphatic carbocycles. The maximum Gasteiger partial charge on any atom is 0.133 e. The predicted octanol–water partition coefficient (Wildman–Crippen LogP) is 3.04. The highest BCUT2D eigenvalue weighted by molar-refractivity contribution is 9.09. The van der Waals surface area contributed by atoms with E-state index in [2.05, 4.69) is 21.2 Å². The van der Waals surface area contributed by atoms with E-state index in [9.17, 15) is 0 Å². The minimum absolute atomic E-state index is 0.0484. The molecule has 0 aliphatic rings. The van der Waals surface area contributed by atoms with Gasteiger partial charge in [0.15, 0.2) is 0 Å². The van der Waals surface area contributed by atoms with Crippen molar-refractivity contribution in [3.05, 3.63) is 17.7 Å². The summed E-state index contributed by atoms with van der Waals surface area (Å²) < 4.78 is 10.7. The van der Waals surface area contributed by atoms with Crippen molar-refractivity contribution in [2.45, 2.75) is 9.85 Å². The topological polar surface area (TPSA) is 30.5 Å². The Labute approximate surface area is 109 Å². The number of methoxy groups -OCH3 is 2. The molecule has 0 aliphatic heterocycles. The van der Waals surface area contributed by atoms with Gasteiger partial charge in [0.25, 0.3) is 0 Å². The van der Waals surface area contributed by atoms with Crippen LogP contribution in [0.15, 0.2) is 17.0 Å². The Kier molecular flexibility index (Phi) is 5.44. The van der Waals surface area contributed by atoms with Gasteiger partial charge in [0.2, 0.25) is 0 Å². The van der Waals surface area contributed by atoms with Crippen molar-refractivity contribution in [3.63, 3.8) is 0 Å². The minimum atomic E-state index is 0.0484. The molecule has 0 bridgehead atoms. The molecule has 1 rings (SSSR count). The van der Waals surface area contributed by atoms with Crippen LogP contribution in [0.1, 0.15) is 10.5 Å². The first-order valence-corrected chi connectivity index (χ1v) is 6.93. The number of nitrogens with one attached hydrogen (secondary N) is 1. The third-order valence-electron chi connectivity index (χ3n) is 2.26. The molecular weight excluding hydrogens is 290 g/mol. The smallest absolute Gasteiger partial charge is 0.133 e. The van der Waals surface area contributed by atoms with Crippen LogP contribution in [-0.2, 0) is 0 Å². The second-order valence-corrected chi connectivity index (χ2v) is 4.86. The van der Waals surface area contributed by atoms with E-state index in [-0.39, 0.29) is 4.95 Å². The van der Waals surface area contributed by atoms with Gasteiger partial charge in [-0.25, -0.2) is 0 Å². The van der Waals surface area contributed by atoms with Gasteiger partial charge in [0.05, 0.1) is 24.1 Å². The maximum atomic E-state index is 5.37. The molecule has 0 heterocycles. The van der Waals surface area contributed by atoms with Crippen molar-refractivity contribution < 1.29 is 9.47 Å². The molecule has 0 fully saturated rings. The highest BCUT2D eigenvalue weighted by Gasteiger charge is 2.15. The first-order valence-electron chi connectivity index (χ1n) is 4.79. The Morgan fingerprint density at radius 2 is 1.88 bits per heavy atom. The molecule has 1 aromatic rings. The average Bonchev–Trinajstić information content (AvgIpc) is 2.35. The van der Waals surface area contributed by atoms with Crippen LogP contribution in [0.2, 0.25) is 0 Å². The molecule has 90 valence electrons. The quantitative estimate of drug-likeness (QED) is 0.514. The molecule has 1 atom stereocenters. The van der Waals surface area contributed by atoms with Crippen molar-refractivity contribution in [1.82, 2.24) is 5.32 Å². The fourth-order valence-electron chi connectivity index (χ4n) is 1.41. The lowest BCUT2D eigenvalue weighted by Gasteiger charge is -2.17. The first kappa shape index (κ1) is 13.7. The standard InChI is InChI=1S/C11H16BrNO2S/c1-13-11(12)7-5-9(15-3)10(16-4)6-8(7)14-2/h5-6,11,13H,1-4H3. The van der Waals surface area contributed by atoms with E-state index >= 15 is 0 Å². The van der Waals surface area contributed by atoms with E-state index in [1.165, 1.54) is 0 Å². The Morgan fingerprint density at radius 1 is 1.25 bits per heavy atom. The number of benzene rings is 1. The van der Waals surface area contributed by atoms with Crippen LogP contribution in [0.25, 0.3) is 0 Å². The number of halogens is 1. The van der Waals surface area contributed by atoms with Crippen molar-refractivity contribution in [2.24, 2.45) is 0 Å². The number of ether oxygens (including phenoxy) is 2. The molecule has 3 nitrogen and oxygen atoms in total. The van der Waals surface area contributed by atoms with Gasteiger partial charge < -0.3 is 14.8 Å². The summed E-state index contributed by atoms with van der Waals surface area (Å²) >= 11 is 5.17. The monoisotopic (exact) mass is 305 g/mol. The highest BCUT2D eigenvalue weighted by Crippen LogP contribution is 2.38.